The van der Waals surface area contributed by atoms with E-state index in [0.717, 1.165) is 24.3 Å². The van der Waals surface area contributed by atoms with Gasteiger partial charge in [0.25, 0.3) is 0 Å². The third kappa shape index (κ3) is 8.39. The zero-order valence-electron chi connectivity index (χ0n) is 36.6. The van der Waals surface area contributed by atoms with Crippen LogP contribution in [0.25, 0.3) is 34.4 Å². The molecule has 6 rings (SSSR count). The molecule has 302 valence electrons. The SMILES string of the molecule is COc1c(C(C)(C)C)cc2c(c1-c1ccccc1)C=C(CC(C)C)[CH]2[Zr]([CH3])([CH3])(=[SiH2])[CH]1C(CC(C)C)=Cc2c1cc(C(C)(C)C)c(OC)c2-c1ccccc1.Cl.Cl. The summed E-state index contributed by atoms with van der Waals surface area (Å²) in [5.41, 5.74) is 16.5. The molecule has 2 atom stereocenters. The standard InChI is InChI=1S/2C24H29O.2CH3.2ClH.H2Si.Zr/c2*1-16(2)12-17-13-19-15-21(24(3,4)5)23(25-6)22(20(19)14-17)18-10-8-7-9-11-18;;;;;;/h2*7-11,13-16H,12H2,1-6H3;2*1H3;2*1H;1H2;. The summed E-state index contributed by atoms with van der Waals surface area (Å²) >= 11 is -4.08. The molecule has 4 aromatic carbocycles. The van der Waals surface area contributed by atoms with Crippen molar-refractivity contribution in [1.82, 2.24) is 0 Å². The topological polar surface area (TPSA) is 18.5 Å². The molecule has 0 spiro atoms. The molecule has 2 nitrogen and oxygen atoms in total. The van der Waals surface area contributed by atoms with Crippen LogP contribution >= 0.6 is 24.8 Å². The molecule has 6 heteroatoms. The normalized spacial score (nSPS) is 16.8. The first-order chi connectivity index (χ1) is 25.2. The fourth-order valence-electron chi connectivity index (χ4n) is 10.1. The van der Waals surface area contributed by atoms with Crippen molar-refractivity contribution >= 4 is 43.8 Å². The third-order valence-electron chi connectivity index (χ3n) is 12.1. The molecule has 0 fully saturated rings. The largest absolute Gasteiger partial charge is 0.147 e. The van der Waals surface area contributed by atoms with E-state index in [1.54, 1.807) is 11.1 Å². The van der Waals surface area contributed by atoms with E-state index < -0.39 is 17.4 Å². The van der Waals surface area contributed by atoms with Gasteiger partial charge >= 0.3 is 332 Å². The molecule has 0 amide bonds. The molecular weight excluding hydrogens is 823 g/mol. The van der Waals surface area contributed by atoms with Crippen LogP contribution in [0.5, 0.6) is 11.5 Å². The van der Waals surface area contributed by atoms with Gasteiger partial charge in [0.1, 0.15) is 0 Å². The number of ether oxygens (including phenoxy) is 2. The van der Waals surface area contributed by atoms with Crippen molar-refractivity contribution in [2.24, 2.45) is 11.8 Å². The van der Waals surface area contributed by atoms with Crippen LogP contribution in [0.4, 0.5) is 0 Å². The predicted molar refractivity (Wildman–Crippen MR) is 249 cm³/mol. The Bertz CT molecular complexity index is 2040. The molecule has 0 aliphatic heterocycles. The minimum absolute atomic E-state index is 0. The van der Waals surface area contributed by atoms with Gasteiger partial charge in [-0.05, 0) is 0 Å². The number of halogens is 2. The minimum atomic E-state index is -4.08. The van der Waals surface area contributed by atoms with Crippen molar-refractivity contribution in [3.8, 4) is 33.8 Å². The van der Waals surface area contributed by atoms with Gasteiger partial charge in [-0.2, -0.15) is 0 Å². The number of hydrogen-bond donors (Lipinski definition) is 0. The van der Waals surface area contributed by atoms with E-state index in [2.05, 4.69) is 170 Å². The van der Waals surface area contributed by atoms with Gasteiger partial charge in [-0.15, -0.1) is 24.8 Å². The monoisotopic (exact) mass is 888 g/mol. The number of allylic oxidation sites excluding steroid dienone is 2. The quantitative estimate of drug-likeness (QED) is 0.148. The predicted octanol–water partition coefficient (Wildman–Crippen LogP) is 14.5. The fourth-order valence-corrected chi connectivity index (χ4v) is 29.8. The molecule has 2 aliphatic rings. The smallest absolute Gasteiger partial charge is 0.147 e. The summed E-state index contributed by atoms with van der Waals surface area (Å²) in [6, 6.07) is 27.2. The van der Waals surface area contributed by atoms with Crippen LogP contribution in [0, 0.1) is 11.8 Å². The van der Waals surface area contributed by atoms with Crippen molar-refractivity contribution in [3.63, 3.8) is 0 Å². The zero-order valence-corrected chi connectivity index (χ0v) is 42.2. The van der Waals surface area contributed by atoms with Gasteiger partial charge in [0.15, 0.2) is 0 Å². The number of hydrogen-bond acceptors (Lipinski definition) is 2. The minimum Gasteiger partial charge on any atom is -0.147 e. The van der Waals surface area contributed by atoms with Crippen LogP contribution in [-0.4, -0.2) is 21.1 Å². The van der Waals surface area contributed by atoms with Gasteiger partial charge in [-0.25, -0.2) is 0 Å². The molecule has 4 aromatic rings. The number of fused-ring (bicyclic) bond motifs is 2. The second-order valence-corrected chi connectivity index (χ2v) is 50.8. The second-order valence-electron chi connectivity index (χ2n) is 20.3. The van der Waals surface area contributed by atoms with E-state index in [4.69, 9.17) is 9.47 Å². The van der Waals surface area contributed by atoms with Crippen molar-refractivity contribution in [2.75, 3.05) is 14.2 Å². The van der Waals surface area contributed by atoms with E-state index in [0.29, 0.717) is 19.1 Å². The van der Waals surface area contributed by atoms with E-state index in [9.17, 15) is 0 Å². The van der Waals surface area contributed by atoms with Crippen LogP contribution in [-0.2, 0) is 28.2 Å². The van der Waals surface area contributed by atoms with Crippen molar-refractivity contribution < 1.29 is 26.9 Å². The Morgan fingerprint density at radius 2 is 0.911 bits per heavy atom. The van der Waals surface area contributed by atoms with E-state index in [-0.39, 0.29) is 35.6 Å². The Morgan fingerprint density at radius 1 is 0.589 bits per heavy atom. The van der Waals surface area contributed by atoms with Crippen LogP contribution in [0.15, 0.2) is 83.9 Å². The molecule has 0 heterocycles. The number of benzene rings is 4. The fraction of sp³-hybridized carbons (Fsp3) is 0.440. The van der Waals surface area contributed by atoms with Gasteiger partial charge < -0.3 is 0 Å². The van der Waals surface area contributed by atoms with E-state index in [1.807, 2.05) is 14.2 Å². The Labute approximate surface area is 354 Å². The maximum Gasteiger partial charge on any atom is -0.147 e. The van der Waals surface area contributed by atoms with Crippen molar-refractivity contribution in [2.45, 2.75) is 109 Å². The van der Waals surface area contributed by atoms with Gasteiger partial charge in [-0.1, -0.05) is 0 Å². The second kappa shape index (κ2) is 16.7. The molecule has 56 heavy (non-hydrogen) atoms. The molecule has 2 unspecified atom stereocenters. The summed E-state index contributed by atoms with van der Waals surface area (Å²) < 4.78 is 19.3. The summed E-state index contributed by atoms with van der Waals surface area (Å²) in [7, 11) is 3.73. The molecule has 0 saturated carbocycles. The van der Waals surface area contributed by atoms with Crippen molar-refractivity contribution in [1.29, 1.82) is 0 Å². The van der Waals surface area contributed by atoms with E-state index >= 15 is 0 Å². The van der Waals surface area contributed by atoms with Gasteiger partial charge in [0.2, 0.25) is 0 Å². The maximum absolute atomic E-state index is 6.44. The summed E-state index contributed by atoms with van der Waals surface area (Å²) in [4.78, 5) is 0. The third-order valence-corrected chi connectivity index (χ3v) is 29.6. The molecule has 0 aromatic heterocycles. The number of methoxy groups -OCH3 is 2. The van der Waals surface area contributed by atoms with Crippen molar-refractivity contribution in [3.05, 3.63) is 117 Å². The van der Waals surface area contributed by atoms with Crippen LogP contribution in [0.1, 0.15) is 123 Å². The van der Waals surface area contributed by atoms with Crippen LogP contribution < -0.4 is 9.47 Å². The van der Waals surface area contributed by atoms with Gasteiger partial charge in [-0.3, -0.25) is 0 Å². The number of rotatable bonds is 10. The first kappa shape index (κ1) is 46.3. The molecule has 0 saturated heterocycles. The van der Waals surface area contributed by atoms with Crippen LogP contribution in [0.3, 0.4) is 0 Å². The summed E-state index contributed by atoms with van der Waals surface area (Å²) in [6.07, 6.45) is 7.44. The summed E-state index contributed by atoms with van der Waals surface area (Å²) in [5.74, 6) is 3.15. The summed E-state index contributed by atoms with van der Waals surface area (Å²) in [5, 5.41) is 0. The molecule has 0 radical (unpaired) electrons. The first-order valence-electron chi connectivity index (χ1n) is 20.3. The Morgan fingerprint density at radius 3 is 1.18 bits per heavy atom. The average molecular weight is 891 g/mol. The Balaban J connectivity index is 0.00000348. The van der Waals surface area contributed by atoms with Crippen LogP contribution in [0.2, 0.25) is 9.26 Å². The molecule has 0 N–H and O–H groups in total. The Kier molecular flexibility index (Phi) is 13.8. The average Bonchev–Trinajstić information content (AvgIpc) is 3.64. The van der Waals surface area contributed by atoms with Gasteiger partial charge in [0, 0.05) is 0 Å². The molecule has 2 aliphatic carbocycles. The summed E-state index contributed by atoms with van der Waals surface area (Å²) in [6.45, 7) is 26.2. The molecule has 0 bridgehead atoms. The van der Waals surface area contributed by atoms with Gasteiger partial charge in [0.05, 0.1) is 0 Å². The Hall–Kier alpha value is -2.36. The van der Waals surface area contributed by atoms with E-state index in [1.165, 1.54) is 55.6 Å². The molecular formula is C50H68Cl2O2SiZr. The first-order valence-corrected chi connectivity index (χ1v) is 33.9. The maximum atomic E-state index is 6.44. The zero-order chi connectivity index (χ0) is 39.6.